The topological polar surface area (TPSA) is 41.1 Å². The molecule has 2 aromatic heterocycles. The Kier molecular flexibility index (Phi) is 3.33. The monoisotopic (exact) mass is 301 g/mol. The Morgan fingerprint density at radius 3 is 2.68 bits per heavy atom. The zero-order chi connectivity index (χ0) is 15.7. The van der Waals surface area contributed by atoms with E-state index in [1.165, 1.54) is 10.6 Å². The van der Waals surface area contributed by atoms with Gasteiger partial charge in [-0.25, -0.2) is 4.52 Å². The van der Waals surface area contributed by atoms with Crippen molar-refractivity contribution in [1.82, 2.24) is 9.61 Å². The van der Waals surface area contributed by atoms with Crippen LogP contribution in [0, 0.1) is 11.3 Å². The number of benzene rings is 1. The summed E-state index contributed by atoms with van der Waals surface area (Å²) in [6.45, 7) is 0. The minimum atomic E-state index is -4.39. The van der Waals surface area contributed by atoms with Crippen LogP contribution in [0.3, 0.4) is 0 Å². The van der Waals surface area contributed by atoms with Crippen LogP contribution in [0.15, 0.2) is 48.7 Å². The van der Waals surface area contributed by atoms with Gasteiger partial charge in [0.2, 0.25) is 0 Å². The highest BCUT2D eigenvalue weighted by Crippen LogP contribution is 2.29. The third kappa shape index (κ3) is 2.79. The van der Waals surface area contributed by atoms with Crippen molar-refractivity contribution in [3.8, 4) is 6.07 Å². The summed E-state index contributed by atoms with van der Waals surface area (Å²) in [6, 6.07) is 13.3. The Labute approximate surface area is 124 Å². The predicted octanol–water partition coefficient (Wildman–Crippen LogP) is 3.82. The van der Waals surface area contributed by atoms with Crippen LogP contribution in [0.5, 0.6) is 0 Å². The average Bonchev–Trinajstić information content (AvgIpc) is 2.87. The molecule has 6 heteroatoms. The molecule has 0 aliphatic carbocycles. The van der Waals surface area contributed by atoms with Gasteiger partial charge in [-0.05, 0) is 35.9 Å². The van der Waals surface area contributed by atoms with Gasteiger partial charge in [0.1, 0.15) is 0 Å². The number of hydrogen-bond donors (Lipinski definition) is 0. The lowest BCUT2D eigenvalue weighted by Crippen LogP contribution is -2.06. The van der Waals surface area contributed by atoms with E-state index in [4.69, 9.17) is 5.26 Å². The van der Waals surface area contributed by atoms with Crippen LogP contribution in [0.2, 0.25) is 0 Å². The number of pyridine rings is 1. The first kappa shape index (κ1) is 14.1. The summed E-state index contributed by atoms with van der Waals surface area (Å²) in [5.41, 5.74) is 1.94. The van der Waals surface area contributed by atoms with E-state index >= 15 is 0 Å². The second kappa shape index (κ2) is 5.19. The Morgan fingerprint density at radius 2 is 1.95 bits per heavy atom. The maximum absolute atomic E-state index is 12.7. The third-order valence-electron chi connectivity index (χ3n) is 3.28. The zero-order valence-corrected chi connectivity index (χ0v) is 11.3. The molecule has 3 nitrogen and oxygen atoms in total. The maximum atomic E-state index is 12.7. The van der Waals surface area contributed by atoms with Crippen LogP contribution >= 0.6 is 0 Å². The van der Waals surface area contributed by atoms with Crippen molar-refractivity contribution in [2.45, 2.75) is 12.6 Å². The lowest BCUT2D eigenvalue weighted by Gasteiger charge is -2.05. The standard InChI is InChI=1S/C16H10F3N3/c17-16(18,19)13-4-5-15-8-14(21-22(15)10-13)7-11-2-1-3-12(6-11)9-20/h1-6,8,10H,7H2. The van der Waals surface area contributed by atoms with Crippen molar-refractivity contribution >= 4 is 5.52 Å². The average molecular weight is 301 g/mol. The molecule has 3 aromatic rings. The summed E-state index contributed by atoms with van der Waals surface area (Å²) in [5.74, 6) is 0. The number of alkyl halides is 3. The number of rotatable bonds is 2. The minimum Gasteiger partial charge on any atom is -0.240 e. The Bertz CT molecular complexity index is 872. The molecule has 0 saturated heterocycles. The van der Waals surface area contributed by atoms with Crippen LogP contribution < -0.4 is 0 Å². The van der Waals surface area contributed by atoms with E-state index in [2.05, 4.69) is 11.2 Å². The molecule has 2 heterocycles. The van der Waals surface area contributed by atoms with Gasteiger partial charge in [-0.1, -0.05) is 12.1 Å². The molecule has 0 saturated carbocycles. The van der Waals surface area contributed by atoms with Gasteiger partial charge in [-0.3, -0.25) is 0 Å². The number of nitrogens with zero attached hydrogens (tertiary/aromatic N) is 3. The molecule has 0 spiro atoms. The molecule has 3 rings (SSSR count). The molecular weight excluding hydrogens is 291 g/mol. The highest BCUT2D eigenvalue weighted by molar-refractivity contribution is 5.49. The number of hydrogen-bond acceptors (Lipinski definition) is 2. The van der Waals surface area contributed by atoms with Crippen LogP contribution in [0.4, 0.5) is 13.2 Å². The SMILES string of the molecule is N#Cc1cccc(Cc2cc3ccc(C(F)(F)F)cn3n2)c1. The second-order valence-electron chi connectivity index (χ2n) is 4.91. The van der Waals surface area contributed by atoms with Crippen LogP contribution in [0.25, 0.3) is 5.52 Å². The van der Waals surface area contributed by atoms with Gasteiger partial charge in [0.15, 0.2) is 0 Å². The molecule has 0 amide bonds. The molecule has 1 aromatic carbocycles. The van der Waals surface area contributed by atoms with E-state index in [9.17, 15) is 13.2 Å². The normalized spacial score (nSPS) is 11.5. The zero-order valence-electron chi connectivity index (χ0n) is 11.3. The number of aromatic nitrogens is 2. The summed E-state index contributed by atoms with van der Waals surface area (Å²) in [7, 11) is 0. The van der Waals surface area contributed by atoms with Crippen molar-refractivity contribution in [3.05, 3.63) is 71.0 Å². The van der Waals surface area contributed by atoms with E-state index in [1.54, 1.807) is 24.3 Å². The molecule has 22 heavy (non-hydrogen) atoms. The second-order valence-corrected chi connectivity index (χ2v) is 4.91. The van der Waals surface area contributed by atoms with Gasteiger partial charge in [0, 0.05) is 12.6 Å². The summed E-state index contributed by atoms with van der Waals surface area (Å²) >= 11 is 0. The van der Waals surface area contributed by atoms with Crippen LogP contribution in [0.1, 0.15) is 22.4 Å². The van der Waals surface area contributed by atoms with E-state index in [0.29, 0.717) is 23.2 Å². The highest BCUT2D eigenvalue weighted by Gasteiger charge is 2.30. The van der Waals surface area contributed by atoms with Gasteiger partial charge >= 0.3 is 6.18 Å². The fraction of sp³-hybridized carbons (Fsp3) is 0.125. The van der Waals surface area contributed by atoms with Crippen molar-refractivity contribution in [2.24, 2.45) is 0 Å². The fourth-order valence-corrected chi connectivity index (χ4v) is 2.25. The van der Waals surface area contributed by atoms with E-state index < -0.39 is 11.7 Å². The molecule has 0 unspecified atom stereocenters. The molecule has 0 fully saturated rings. The smallest absolute Gasteiger partial charge is 0.240 e. The van der Waals surface area contributed by atoms with Gasteiger partial charge in [0.25, 0.3) is 0 Å². The molecular formula is C16H10F3N3. The van der Waals surface area contributed by atoms with Gasteiger partial charge in [-0.15, -0.1) is 0 Å². The van der Waals surface area contributed by atoms with Crippen molar-refractivity contribution in [1.29, 1.82) is 5.26 Å². The number of fused-ring (bicyclic) bond motifs is 1. The number of nitriles is 1. The predicted molar refractivity (Wildman–Crippen MR) is 74.2 cm³/mol. The minimum absolute atomic E-state index is 0.457. The van der Waals surface area contributed by atoms with Gasteiger partial charge < -0.3 is 0 Å². The first-order valence-corrected chi connectivity index (χ1v) is 6.50. The van der Waals surface area contributed by atoms with Gasteiger partial charge in [-0.2, -0.15) is 23.5 Å². The molecule has 110 valence electrons. The molecule has 0 radical (unpaired) electrons. The Hall–Kier alpha value is -2.81. The lowest BCUT2D eigenvalue weighted by atomic mass is 10.1. The van der Waals surface area contributed by atoms with Crippen molar-refractivity contribution in [2.75, 3.05) is 0 Å². The first-order chi connectivity index (χ1) is 10.5. The van der Waals surface area contributed by atoms with E-state index in [1.807, 2.05) is 6.07 Å². The maximum Gasteiger partial charge on any atom is 0.417 e. The fourth-order valence-electron chi connectivity index (χ4n) is 2.25. The quantitative estimate of drug-likeness (QED) is 0.722. The van der Waals surface area contributed by atoms with Crippen LogP contribution in [-0.2, 0) is 12.6 Å². The molecule has 0 bridgehead atoms. The van der Waals surface area contributed by atoms with Crippen LogP contribution in [-0.4, -0.2) is 9.61 Å². The van der Waals surface area contributed by atoms with Crippen molar-refractivity contribution < 1.29 is 13.2 Å². The summed E-state index contributed by atoms with van der Waals surface area (Å²) in [4.78, 5) is 0. The van der Waals surface area contributed by atoms with E-state index in [0.717, 1.165) is 17.8 Å². The molecule has 0 atom stereocenters. The Balaban J connectivity index is 1.93. The summed E-state index contributed by atoms with van der Waals surface area (Å²) < 4.78 is 39.3. The third-order valence-corrected chi connectivity index (χ3v) is 3.28. The van der Waals surface area contributed by atoms with E-state index in [-0.39, 0.29) is 0 Å². The largest absolute Gasteiger partial charge is 0.417 e. The molecule has 0 aliphatic rings. The number of halogens is 3. The highest BCUT2D eigenvalue weighted by atomic mass is 19.4. The van der Waals surface area contributed by atoms with Crippen molar-refractivity contribution in [3.63, 3.8) is 0 Å². The summed E-state index contributed by atoms with van der Waals surface area (Å²) in [5, 5.41) is 13.0. The molecule has 0 aliphatic heterocycles. The molecule has 0 N–H and O–H groups in total. The lowest BCUT2D eigenvalue weighted by molar-refractivity contribution is -0.137. The Morgan fingerprint density at radius 1 is 1.14 bits per heavy atom. The van der Waals surface area contributed by atoms with Gasteiger partial charge in [0.05, 0.1) is 28.4 Å². The first-order valence-electron chi connectivity index (χ1n) is 6.50. The summed E-state index contributed by atoms with van der Waals surface area (Å²) in [6.07, 6.45) is -2.95.